The van der Waals surface area contributed by atoms with Gasteiger partial charge < -0.3 is 0 Å². The molecule has 1 heterocycles. The molecular formula is C18H22N2O2. The Hall–Kier alpha value is -2.10. The van der Waals surface area contributed by atoms with Gasteiger partial charge in [-0.2, -0.15) is 0 Å². The van der Waals surface area contributed by atoms with Crippen LogP contribution >= 0.6 is 0 Å². The minimum atomic E-state index is -0.0944. The molecule has 116 valence electrons. The van der Waals surface area contributed by atoms with Crippen molar-refractivity contribution in [2.75, 3.05) is 13.1 Å². The van der Waals surface area contributed by atoms with Gasteiger partial charge in [0.05, 0.1) is 0 Å². The number of rotatable bonds is 3. The molecule has 2 amide bonds. The average Bonchev–Trinajstić information content (AvgIpc) is 3.13. The molecule has 3 rings (SSSR count). The van der Waals surface area contributed by atoms with E-state index in [0.29, 0.717) is 25.4 Å². The zero-order valence-electron chi connectivity index (χ0n) is 13.0. The largest absolute Gasteiger partial charge is 0.273 e. The molecule has 0 aromatic heterocycles. The summed E-state index contributed by atoms with van der Waals surface area (Å²) in [6.45, 7) is 3.11. The quantitative estimate of drug-likeness (QED) is 0.804. The summed E-state index contributed by atoms with van der Waals surface area (Å²) in [5, 5.41) is 3.23. The molecule has 1 aromatic rings. The third kappa shape index (κ3) is 2.91. The van der Waals surface area contributed by atoms with E-state index >= 15 is 0 Å². The molecule has 1 aliphatic heterocycles. The van der Waals surface area contributed by atoms with Gasteiger partial charge in [0, 0.05) is 25.6 Å². The van der Waals surface area contributed by atoms with Crippen LogP contribution in [0.15, 0.2) is 36.4 Å². The molecule has 0 bridgehead atoms. The number of nitrogens with zero attached hydrogens (tertiary/aromatic N) is 2. The smallest absolute Gasteiger partial charge is 0.264 e. The van der Waals surface area contributed by atoms with Crippen LogP contribution < -0.4 is 0 Å². The lowest BCUT2D eigenvalue weighted by molar-refractivity contribution is -0.155. The van der Waals surface area contributed by atoms with Gasteiger partial charge in [-0.25, -0.2) is 5.01 Å². The highest BCUT2D eigenvalue weighted by Gasteiger charge is 2.32. The molecule has 2 aliphatic rings. The Labute approximate surface area is 131 Å². The summed E-state index contributed by atoms with van der Waals surface area (Å²) < 4.78 is 0. The Morgan fingerprint density at radius 1 is 1.14 bits per heavy atom. The molecule has 1 aromatic carbocycles. The van der Waals surface area contributed by atoms with Gasteiger partial charge >= 0.3 is 0 Å². The summed E-state index contributed by atoms with van der Waals surface area (Å²) in [5.74, 6) is 0.348. The number of amides is 2. The average molecular weight is 298 g/mol. The maximum absolute atomic E-state index is 12.6. The maximum atomic E-state index is 12.6. The summed E-state index contributed by atoms with van der Waals surface area (Å²) in [6, 6.07) is 8.41. The van der Waals surface area contributed by atoms with Crippen molar-refractivity contribution in [1.29, 1.82) is 0 Å². The van der Waals surface area contributed by atoms with Gasteiger partial charge in [0.25, 0.3) is 5.91 Å². The molecule has 1 aliphatic carbocycles. The molecule has 1 fully saturated rings. The second-order valence-corrected chi connectivity index (χ2v) is 6.08. The van der Waals surface area contributed by atoms with E-state index in [1.165, 1.54) is 17.2 Å². The first-order valence-electron chi connectivity index (χ1n) is 8.00. The first-order valence-corrected chi connectivity index (χ1v) is 8.00. The molecule has 1 saturated heterocycles. The van der Waals surface area contributed by atoms with Gasteiger partial charge in [0.15, 0.2) is 0 Å². The summed E-state index contributed by atoms with van der Waals surface area (Å²) in [4.78, 5) is 24.6. The highest BCUT2D eigenvalue weighted by Crippen LogP contribution is 2.29. The predicted molar refractivity (Wildman–Crippen MR) is 84.8 cm³/mol. The molecule has 0 spiro atoms. The van der Waals surface area contributed by atoms with Crippen LogP contribution in [0, 0.1) is 5.92 Å². The van der Waals surface area contributed by atoms with Crippen LogP contribution in [-0.2, 0) is 22.4 Å². The zero-order chi connectivity index (χ0) is 15.5. The van der Waals surface area contributed by atoms with Crippen molar-refractivity contribution in [2.45, 2.75) is 32.6 Å². The Morgan fingerprint density at radius 2 is 1.77 bits per heavy atom. The lowest BCUT2D eigenvalue weighted by atomic mass is 10.0. The van der Waals surface area contributed by atoms with Crippen LogP contribution in [0.2, 0.25) is 0 Å². The van der Waals surface area contributed by atoms with Gasteiger partial charge in [-0.3, -0.25) is 14.6 Å². The van der Waals surface area contributed by atoms with E-state index in [1.54, 1.807) is 16.1 Å². The first-order chi connectivity index (χ1) is 10.7. The number of hydrogen-bond donors (Lipinski definition) is 0. The van der Waals surface area contributed by atoms with Crippen LogP contribution in [0.3, 0.4) is 0 Å². The number of hydrogen-bond acceptors (Lipinski definition) is 2. The lowest BCUT2D eigenvalue weighted by Crippen LogP contribution is -2.44. The Bertz CT molecular complexity index is 584. The van der Waals surface area contributed by atoms with E-state index in [9.17, 15) is 9.59 Å². The fraction of sp³-hybridized carbons (Fsp3) is 0.444. The van der Waals surface area contributed by atoms with Crippen molar-refractivity contribution in [3.63, 3.8) is 0 Å². The van der Waals surface area contributed by atoms with Crippen LogP contribution in [0.25, 0.3) is 0 Å². The standard InChI is InChI=1S/C18H22N2O2/c1-2-6-17(21)19-9-5-10-20(19)18(22)13-14-11-15-7-3-4-8-16(15)12-14/h2-4,6-8,14H,5,9-13H2,1H3/b6-2+. The van der Waals surface area contributed by atoms with Gasteiger partial charge in [0.1, 0.15) is 0 Å². The lowest BCUT2D eigenvalue weighted by Gasteiger charge is -2.27. The molecule has 0 unspecified atom stereocenters. The molecule has 0 radical (unpaired) electrons. The number of allylic oxidation sites excluding steroid dienone is 1. The molecule has 0 N–H and O–H groups in total. The highest BCUT2D eigenvalue weighted by molar-refractivity contribution is 5.90. The monoisotopic (exact) mass is 298 g/mol. The molecule has 4 heteroatoms. The van der Waals surface area contributed by atoms with Crippen LogP contribution in [0.1, 0.15) is 30.9 Å². The Balaban J connectivity index is 1.62. The molecule has 4 nitrogen and oxygen atoms in total. The van der Waals surface area contributed by atoms with E-state index in [-0.39, 0.29) is 11.8 Å². The van der Waals surface area contributed by atoms with Gasteiger partial charge in [-0.15, -0.1) is 0 Å². The molecule has 0 atom stereocenters. The minimum absolute atomic E-state index is 0.0770. The molecule has 0 saturated carbocycles. The third-order valence-corrected chi connectivity index (χ3v) is 4.48. The van der Waals surface area contributed by atoms with Crippen molar-refractivity contribution < 1.29 is 9.59 Å². The summed E-state index contributed by atoms with van der Waals surface area (Å²) in [7, 11) is 0. The van der Waals surface area contributed by atoms with E-state index in [2.05, 4.69) is 24.3 Å². The van der Waals surface area contributed by atoms with Crippen molar-refractivity contribution in [2.24, 2.45) is 5.92 Å². The molecule has 22 heavy (non-hydrogen) atoms. The third-order valence-electron chi connectivity index (χ3n) is 4.48. The minimum Gasteiger partial charge on any atom is -0.273 e. The Morgan fingerprint density at radius 3 is 2.41 bits per heavy atom. The number of hydrazine groups is 1. The Kier molecular flexibility index (Phi) is 4.27. The van der Waals surface area contributed by atoms with Crippen molar-refractivity contribution in [3.8, 4) is 0 Å². The summed E-state index contributed by atoms with van der Waals surface area (Å²) >= 11 is 0. The molecular weight excluding hydrogens is 276 g/mol. The van der Waals surface area contributed by atoms with Crippen molar-refractivity contribution in [1.82, 2.24) is 10.0 Å². The van der Waals surface area contributed by atoms with Crippen LogP contribution in [0.4, 0.5) is 0 Å². The number of benzene rings is 1. The number of fused-ring (bicyclic) bond motifs is 1. The predicted octanol–water partition coefficient (Wildman–Crippen LogP) is 2.34. The van der Waals surface area contributed by atoms with E-state index < -0.39 is 0 Å². The first kappa shape index (κ1) is 14.8. The second-order valence-electron chi connectivity index (χ2n) is 6.08. The van der Waals surface area contributed by atoms with Crippen LogP contribution in [-0.4, -0.2) is 34.9 Å². The van der Waals surface area contributed by atoms with Gasteiger partial charge in [0.2, 0.25) is 5.91 Å². The van der Waals surface area contributed by atoms with Crippen molar-refractivity contribution >= 4 is 11.8 Å². The highest BCUT2D eigenvalue weighted by atomic mass is 16.2. The van der Waals surface area contributed by atoms with E-state index in [4.69, 9.17) is 0 Å². The summed E-state index contributed by atoms with van der Waals surface area (Å²) in [5.41, 5.74) is 2.73. The van der Waals surface area contributed by atoms with Gasteiger partial charge in [-0.1, -0.05) is 30.3 Å². The van der Waals surface area contributed by atoms with E-state index in [1.807, 2.05) is 6.92 Å². The van der Waals surface area contributed by atoms with Crippen molar-refractivity contribution in [3.05, 3.63) is 47.5 Å². The summed E-state index contributed by atoms with van der Waals surface area (Å²) in [6.07, 6.45) is 6.57. The number of carbonyl (C=O) groups excluding carboxylic acids is 2. The number of carbonyl (C=O) groups is 2. The fourth-order valence-electron chi connectivity index (χ4n) is 3.48. The van der Waals surface area contributed by atoms with Crippen LogP contribution in [0.5, 0.6) is 0 Å². The van der Waals surface area contributed by atoms with E-state index in [0.717, 1.165) is 19.3 Å². The topological polar surface area (TPSA) is 40.6 Å². The zero-order valence-corrected chi connectivity index (χ0v) is 13.0. The SMILES string of the molecule is C/C=C/C(=O)N1CCCN1C(=O)CC1Cc2ccccc2C1. The normalized spacial score (nSPS) is 18.2. The fourth-order valence-corrected chi connectivity index (χ4v) is 3.48. The van der Waals surface area contributed by atoms with Gasteiger partial charge in [-0.05, 0) is 43.2 Å². The second kappa shape index (κ2) is 6.34. The maximum Gasteiger partial charge on any atom is 0.264 e.